The summed E-state index contributed by atoms with van der Waals surface area (Å²) in [4.78, 5) is 42.8. The molecular weight excluding hydrogens is 530 g/mol. The molecule has 3 aliphatic heterocycles. The molecule has 4 fully saturated rings. The summed E-state index contributed by atoms with van der Waals surface area (Å²) in [5.41, 5.74) is 1.01. The molecule has 1 spiro atoms. The van der Waals surface area contributed by atoms with E-state index in [-0.39, 0.29) is 40.4 Å². The standard InChI is InChI=1S/C26H34BrN3O4S/c27-18-14-26-20(19(21(18)35-26)23(32)28-15-16-8-3-1-4-9-16)25(34)30(12-7-13-31)22(26)24(33)29-17-10-5-2-6-11-17/h1,3-4,8-9,17-22,31H,2,5-7,10-15H2,(H,28,32)(H,29,33)/t18?,19-,20+,21-,22?,26?/m1/s1. The average Bonchev–Trinajstić information content (AvgIpc) is 3.45. The van der Waals surface area contributed by atoms with Gasteiger partial charge in [-0.3, -0.25) is 14.4 Å². The topological polar surface area (TPSA) is 98.7 Å². The Balaban J connectivity index is 1.40. The molecule has 1 aromatic carbocycles. The van der Waals surface area contributed by atoms with E-state index in [1.54, 1.807) is 16.7 Å². The number of aliphatic hydroxyl groups is 1. The second-order valence-corrected chi connectivity index (χ2v) is 13.0. The number of likely N-dealkylation sites (tertiary alicyclic amines) is 1. The number of amides is 3. The van der Waals surface area contributed by atoms with Gasteiger partial charge in [-0.25, -0.2) is 0 Å². The number of hydrogen-bond donors (Lipinski definition) is 3. The SMILES string of the molecule is O=C(NC1CCCCC1)C1N(CCCO)C(=O)[C@@H]2[C@@H](C(=O)NCc3ccccc3)[C@@H]3SC12CC3Br. The number of carbonyl (C=O) groups is 3. The minimum atomic E-state index is -0.626. The molecule has 190 valence electrons. The van der Waals surface area contributed by atoms with Crippen LogP contribution in [0.5, 0.6) is 0 Å². The first-order valence-corrected chi connectivity index (χ1v) is 14.6. The van der Waals surface area contributed by atoms with E-state index in [2.05, 4.69) is 26.6 Å². The van der Waals surface area contributed by atoms with Gasteiger partial charge in [0.15, 0.2) is 0 Å². The predicted molar refractivity (Wildman–Crippen MR) is 139 cm³/mol. The molecule has 3 N–H and O–H groups in total. The van der Waals surface area contributed by atoms with Gasteiger partial charge in [-0.05, 0) is 31.2 Å². The molecule has 7 nitrogen and oxygen atoms in total. The van der Waals surface area contributed by atoms with Gasteiger partial charge in [-0.15, -0.1) is 11.8 Å². The van der Waals surface area contributed by atoms with Crippen molar-refractivity contribution < 1.29 is 19.5 Å². The molecule has 35 heavy (non-hydrogen) atoms. The maximum Gasteiger partial charge on any atom is 0.244 e. The highest BCUT2D eigenvalue weighted by molar-refractivity contribution is 9.09. The molecule has 3 unspecified atom stereocenters. The lowest BCUT2D eigenvalue weighted by atomic mass is 9.70. The highest BCUT2D eigenvalue weighted by Gasteiger charge is 2.75. The van der Waals surface area contributed by atoms with E-state index in [0.29, 0.717) is 25.9 Å². The lowest BCUT2D eigenvalue weighted by molar-refractivity contribution is -0.140. The van der Waals surface area contributed by atoms with Gasteiger partial charge >= 0.3 is 0 Å². The molecule has 0 radical (unpaired) electrons. The summed E-state index contributed by atoms with van der Waals surface area (Å²) < 4.78 is -0.626. The number of halogens is 1. The quantitative estimate of drug-likeness (QED) is 0.422. The van der Waals surface area contributed by atoms with Crippen LogP contribution in [0.25, 0.3) is 0 Å². The highest BCUT2D eigenvalue weighted by atomic mass is 79.9. The Hall–Kier alpha value is -1.58. The summed E-state index contributed by atoms with van der Waals surface area (Å²) >= 11 is 5.46. The van der Waals surface area contributed by atoms with Gasteiger partial charge in [-0.1, -0.05) is 65.5 Å². The van der Waals surface area contributed by atoms with Crippen molar-refractivity contribution in [2.24, 2.45) is 11.8 Å². The Kier molecular flexibility index (Phi) is 7.47. The fourth-order valence-corrected chi connectivity index (χ4v) is 10.3. The minimum Gasteiger partial charge on any atom is -0.396 e. The number of hydrogen-bond acceptors (Lipinski definition) is 5. The monoisotopic (exact) mass is 563 g/mol. The molecule has 3 heterocycles. The maximum absolute atomic E-state index is 13.8. The molecule has 0 aromatic heterocycles. The first-order chi connectivity index (χ1) is 17.0. The minimum absolute atomic E-state index is 0.0454. The third kappa shape index (κ3) is 4.53. The van der Waals surface area contributed by atoms with Crippen LogP contribution in [0.15, 0.2) is 30.3 Å². The number of thioether (sulfide) groups is 1. The van der Waals surface area contributed by atoms with Crippen LogP contribution >= 0.6 is 27.7 Å². The number of carbonyl (C=O) groups excluding carboxylic acids is 3. The molecular formula is C26H34BrN3O4S. The smallest absolute Gasteiger partial charge is 0.244 e. The number of alkyl halides is 1. The zero-order valence-corrected chi connectivity index (χ0v) is 22.2. The van der Waals surface area contributed by atoms with E-state index in [1.807, 2.05) is 30.3 Å². The molecule has 1 saturated carbocycles. The second-order valence-electron chi connectivity index (χ2n) is 10.3. The van der Waals surface area contributed by atoms with Crippen LogP contribution in [0.2, 0.25) is 0 Å². The molecule has 1 aliphatic carbocycles. The lowest BCUT2D eigenvalue weighted by Gasteiger charge is -2.36. The highest BCUT2D eigenvalue weighted by Crippen LogP contribution is 2.67. The summed E-state index contributed by atoms with van der Waals surface area (Å²) in [6.45, 7) is 0.692. The normalized spacial score (nSPS) is 34.2. The van der Waals surface area contributed by atoms with Gasteiger partial charge in [0.1, 0.15) is 6.04 Å². The zero-order valence-electron chi connectivity index (χ0n) is 19.8. The van der Waals surface area contributed by atoms with Crippen molar-refractivity contribution in [1.82, 2.24) is 15.5 Å². The zero-order chi connectivity index (χ0) is 24.6. The first kappa shape index (κ1) is 25.1. The van der Waals surface area contributed by atoms with Crippen LogP contribution in [-0.2, 0) is 20.9 Å². The van der Waals surface area contributed by atoms with Gasteiger partial charge in [0.2, 0.25) is 17.7 Å². The van der Waals surface area contributed by atoms with Crippen LogP contribution in [0.3, 0.4) is 0 Å². The van der Waals surface area contributed by atoms with E-state index in [4.69, 9.17) is 0 Å². The Bertz CT molecular complexity index is 959. The molecule has 2 bridgehead atoms. The van der Waals surface area contributed by atoms with E-state index in [0.717, 1.165) is 31.2 Å². The Morgan fingerprint density at radius 2 is 1.89 bits per heavy atom. The number of nitrogens with one attached hydrogen (secondary N) is 2. The summed E-state index contributed by atoms with van der Waals surface area (Å²) in [5.74, 6) is -1.34. The molecule has 5 rings (SSSR count). The third-order valence-corrected chi connectivity index (χ3v) is 11.4. The molecule has 3 saturated heterocycles. The molecule has 9 heteroatoms. The van der Waals surface area contributed by atoms with Crippen LogP contribution in [0, 0.1) is 11.8 Å². The predicted octanol–water partition coefficient (Wildman–Crippen LogP) is 2.60. The fraction of sp³-hybridized carbons (Fsp3) is 0.654. The Morgan fingerprint density at radius 1 is 1.14 bits per heavy atom. The molecule has 3 amide bonds. The molecule has 4 aliphatic rings. The van der Waals surface area contributed by atoms with Crippen molar-refractivity contribution in [2.75, 3.05) is 13.2 Å². The lowest BCUT2D eigenvalue weighted by Crippen LogP contribution is -2.56. The molecule has 1 aromatic rings. The van der Waals surface area contributed by atoms with Gasteiger partial charge < -0.3 is 20.6 Å². The summed E-state index contributed by atoms with van der Waals surface area (Å²) in [7, 11) is 0. The third-order valence-electron chi connectivity index (χ3n) is 8.16. The number of fused-ring (bicyclic) bond motifs is 1. The van der Waals surface area contributed by atoms with Crippen LogP contribution in [-0.4, -0.2) is 67.8 Å². The van der Waals surface area contributed by atoms with Gasteiger partial charge in [0, 0.05) is 35.8 Å². The Morgan fingerprint density at radius 3 is 2.60 bits per heavy atom. The average molecular weight is 565 g/mol. The van der Waals surface area contributed by atoms with E-state index in [1.165, 1.54) is 6.42 Å². The number of nitrogens with zero attached hydrogens (tertiary/aromatic N) is 1. The van der Waals surface area contributed by atoms with Crippen molar-refractivity contribution in [3.05, 3.63) is 35.9 Å². The molecule has 6 atom stereocenters. The van der Waals surface area contributed by atoms with Crippen molar-refractivity contribution in [2.45, 2.75) is 78.4 Å². The van der Waals surface area contributed by atoms with E-state index >= 15 is 0 Å². The van der Waals surface area contributed by atoms with Gasteiger partial charge in [0.25, 0.3) is 0 Å². The summed E-state index contributed by atoms with van der Waals surface area (Å²) in [5, 5.41) is 15.7. The van der Waals surface area contributed by atoms with Crippen molar-refractivity contribution in [1.29, 1.82) is 0 Å². The second kappa shape index (κ2) is 10.4. The largest absolute Gasteiger partial charge is 0.396 e. The van der Waals surface area contributed by atoms with Gasteiger partial charge in [-0.2, -0.15) is 0 Å². The number of rotatable bonds is 8. The first-order valence-electron chi connectivity index (χ1n) is 12.8. The van der Waals surface area contributed by atoms with Crippen LogP contribution in [0.1, 0.15) is 50.5 Å². The number of aliphatic hydroxyl groups excluding tert-OH is 1. The maximum atomic E-state index is 13.8. The number of benzene rings is 1. The van der Waals surface area contributed by atoms with Crippen molar-refractivity contribution >= 4 is 45.4 Å². The summed E-state index contributed by atoms with van der Waals surface area (Å²) in [6, 6.07) is 9.28. The van der Waals surface area contributed by atoms with Crippen molar-refractivity contribution in [3.8, 4) is 0 Å². The van der Waals surface area contributed by atoms with E-state index in [9.17, 15) is 19.5 Å². The van der Waals surface area contributed by atoms with E-state index < -0.39 is 22.6 Å². The summed E-state index contributed by atoms with van der Waals surface area (Å²) in [6.07, 6.45) is 6.46. The van der Waals surface area contributed by atoms with Gasteiger partial charge in [0.05, 0.1) is 16.6 Å². The van der Waals surface area contributed by atoms with Crippen LogP contribution < -0.4 is 10.6 Å². The van der Waals surface area contributed by atoms with Crippen LogP contribution in [0.4, 0.5) is 0 Å². The van der Waals surface area contributed by atoms with Crippen molar-refractivity contribution in [3.63, 3.8) is 0 Å². The fourth-order valence-electron chi connectivity index (χ4n) is 6.64. The Labute approximate surface area is 219 Å².